The second-order valence-electron chi connectivity index (χ2n) is 14.4. The van der Waals surface area contributed by atoms with E-state index in [4.69, 9.17) is 28.9 Å². The molecule has 0 radical (unpaired) electrons. The van der Waals surface area contributed by atoms with Crippen molar-refractivity contribution in [3.63, 3.8) is 0 Å². The zero-order valence-electron chi connectivity index (χ0n) is 28.4. The lowest BCUT2D eigenvalue weighted by Gasteiger charge is -2.43. The molecule has 0 N–H and O–H groups in total. The van der Waals surface area contributed by atoms with Crippen LogP contribution in [0.2, 0.25) is 0 Å². The first-order valence-corrected chi connectivity index (χ1v) is 17.1. The zero-order valence-corrected chi connectivity index (χ0v) is 28.4. The van der Waals surface area contributed by atoms with Gasteiger partial charge in [0.25, 0.3) is 0 Å². The maximum absolute atomic E-state index is 13.2. The van der Waals surface area contributed by atoms with Crippen LogP contribution >= 0.6 is 0 Å². The van der Waals surface area contributed by atoms with Gasteiger partial charge in [-0.1, -0.05) is 24.3 Å². The van der Waals surface area contributed by atoms with Gasteiger partial charge < -0.3 is 33.6 Å². The standard InChI is InChI=1S/C36H48N6O5/c1-36(2,3)47-35(43)42-25-12-13-26(42)20-41(19-25)33-30-14-16-40(21-31(30)37-34(38-33)45-22-27-10-8-15-39(27)4)32-18-28(46-23-44-5)17-24-9-6-7-11-29(24)32/h6-7,9,11,17-18,25-27H,8,10,12-16,19-23H2,1-5H3/t25-,26+,27?. The van der Waals surface area contributed by atoms with Gasteiger partial charge in [0, 0.05) is 55.5 Å². The van der Waals surface area contributed by atoms with Crippen LogP contribution in [-0.2, 0) is 22.4 Å². The Bertz CT molecular complexity index is 1600. The second-order valence-corrected chi connectivity index (χ2v) is 14.4. The molecule has 4 aliphatic heterocycles. The smallest absolute Gasteiger partial charge is 0.410 e. The molecule has 47 heavy (non-hydrogen) atoms. The quantitative estimate of drug-likeness (QED) is 0.304. The highest BCUT2D eigenvalue weighted by molar-refractivity contribution is 5.95. The van der Waals surface area contributed by atoms with Gasteiger partial charge in [0.05, 0.1) is 24.3 Å². The van der Waals surface area contributed by atoms with E-state index in [9.17, 15) is 4.79 Å². The molecule has 1 amide bonds. The SMILES string of the molecule is COCOc1cc(N2CCc3c(nc(OCC4CCCN4C)nc3N3C[C@H]4CC[C@@H](C3)N4C(=O)OC(C)(C)C)C2)c2ccccc2c1. The largest absolute Gasteiger partial charge is 0.467 e. The Morgan fingerprint density at radius 1 is 0.979 bits per heavy atom. The van der Waals surface area contributed by atoms with Gasteiger partial charge in [0.15, 0.2) is 6.79 Å². The van der Waals surface area contributed by atoms with Crippen molar-refractivity contribution in [1.29, 1.82) is 0 Å². The van der Waals surface area contributed by atoms with Crippen molar-refractivity contribution in [3.05, 3.63) is 47.7 Å². The summed E-state index contributed by atoms with van der Waals surface area (Å²) in [7, 11) is 3.79. The highest BCUT2D eigenvalue weighted by Gasteiger charge is 2.45. The van der Waals surface area contributed by atoms with E-state index in [1.165, 1.54) is 17.4 Å². The van der Waals surface area contributed by atoms with E-state index in [2.05, 4.69) is 58.1 Å². The summed E-state index contributed by atoms with van der Waals surface area (Å²) < 4.78 is 23.3. The van der Waals surface area contributed by atoms with Gasteiger partial charge in [0.2, 0.25) is 0 Å². The van der Waals surface area contributed by atoms with E-state index >= 15 is 0 Å². The van der Waals surface area contributed by atoms with E-state index in [0.29, 0.717) is 25.2 Å². The fraction of sp³-hybridized carbons (Fsp3) is 0.583. The van der Waals surface area contributed by atoms with Gasteiger partial charge in [0.1, 0.15) is 23.8 Å². The minimum Gasteiger partial charge on any atom is -0.467 e. The number of rotatable bonds is 8. The molecule has 0 aliphatic carbocycles. The van der Waals surface area contributed by atoms with Crippen LogP contribution in [0, 0.1) is 0 Å². The molecular formula is C36H48N6O5. The van der Waals surface area contributed by atoms with Crippen molar-refractivity contribution < 1.29 is 23.7 Å². The van der Waals surface area contributed by atoms with Gasteiger partial charge in [-0.2, -0.15) is 9.97 Å². The van der Waals surface area contributed by atoms with Crippen LogP contribution in [-0.4, -0.2) is 103 Å². The number of piperazine rings is 1. The molecule has 1 unspecified atom stereocenters. The average molecular weight is 645 g/mol. The van der Waals surface area contributed by atoms with Crippen LogP contribution < -0.4 is 19.3 Å². The molecule has 0 spiro atoms. The van der Waals surface area contributed by atoms with E-state index in [1.807, 2.05) is 25.7 Å². The Hall–Kier alpha value is -3.83. The summed E-state index contributed by atoms with van der Waals surface area (Å²) >= 11 is 0. The molecule has 4 aliphatic rings. The predicted molar refractivity (Wildman–Crippen MR) is 181 cm³/mol. The Labute approximate surface area is 277 Å². The van der Waals surface area contributed by atoms with Crippen molar-refractivity contribution in [2.45, 2.75) is 83.1 Å². The number of carbonyl (C=O) groups excluding carboxylic acids is 1. The van der Waals surface area contributed by atoms with Crippen LogP contribution in [0.5, 0.6) is 11.8 Å². The van der Waals surface area contributed by atoms with Crippen LogP contribution in [0.25, 0.3) is 10.8 Å². The zero-order chi connectivity index (χ0) is 32.7. The number of hydrogen-bond donors (Lipinski definition) is 0. The molecule has 11 heteroatoms. The van der Waals surface area contributed by atoms with Gasteiger partial charge in [-0.3, -0.25) is 4.90 Å². The van der Waals surface area contributed by atoms with Crippen molar-refractivity contribution in [2.24, 2.45) is 0 Å². The lowest BCUT2D eigenvalue weighted by Crippen LogP contribution is -2.57. The minimum absolute atomic E-state index is 0.0898. The Morgan fingerprint density at radius 2 is 1.77 bits per heavy atom. The van der Waals surface area contributed by atoms with Gasteiger partial charge in [-0.25, -0.2) is 4.79 Å². The summed E-state index contributed by atoms with van der Waals surface area (Å²) in [5, 5.41) is 2.29. The molecule has 2 aromatic carbocycles. The summed E-state index contributed by atoms with van der Waals surface area (Å²) in [5.74, 6) is 1.73. The lowest BCUT2D eigenvalue weighted by atomic mass is 10.0. The number of anilines is 2. The number of hydrogen-bond acceptors (Lipinski definition) is 10. The number of amides is 1. The van der Waals surface area contributed by atoms with Gasteiger partial charge in [-0.15, -0.1) is 0 Å². The molecule has 0 saturated carbocycles. The molecule has 7 rings (SSSR count). The number of fused-ring (bicyclic) bond motifs is 4. The third kappa shape index (κ3) is 6.65. The molecule has 5 heterocycles. The first kappa shape index (κ1) is 31.8. The van der Waals surface area contributed by atoms with Crippen LogP contribution in [0.4, 0.5) is 16.3 Å². The molecule has 3 aromatic rings. The first-order chi connectivity index (χ1) is 22.7. The number of carbonyl (C=O) groups is 1. The molecule has 2 bridgehead atoms. The number of likely N-dealkylation sites (N-methyl/N-ethyl adjacent to an activating group) is 1. The molecule has 11 nitrogen and oxygen atoms in total. The lowest BCUT2D eigenvalue weighted by molar-refractivity contribution is 0.0122. The average Bonchev–Trinajstić information content (AvgIpc) is 3.59. The molecule has 1 aromatic heterocycles. The fourth-order valence-electron chi connectivity index (χ4n) is 7.70. The summed E-state index contributed by atoms with van der Waals surface area (Å²) in [6.45, 7) is 10.5. The Balaban J connectivity index is 1.20. The van der Waals surface area contributed by atoms with Crippen LogP contribution in [0.3, 0.4) is 0 Å². The number of nitrogens with zero attached hydrogens (tertiary/aromatic N) is 6. The summed E-state index contributed by atoms with van der Waals surface area (Å²) in [6.07, 6.45) is 4.82. The topological polar surface area (TPSA) is 92.7 Å². The summed E-state index contributed by atoms with van der Waals surface area (Å²) in [6, 6.07) is 13.6. The number of likely N-dealkylation sites (tertiary alicyclic amines) is 1. The van der Waals surface area contributed by atoms with Crippen molar-refractivity contribution in [3.8, 4) is 11.8 Å². The number of methoxy groups -OCH3 is 1. The highest BCUT2D eigenvalue weighted by Crippen LogP contribution is 2.39. The normalized spacial score (nSPS) is 22.9. The molecular weight excluding hydrogens is 596 g/mol. The van der Waals surface area contributed by atoms with Gasteiger partial charge >= 0.3 is 12.1 Å². The number of aromatic nitrogens is 2. The van der Waals surface area contributed by atoms with E-state index in [-0.39, 0.29) is 25.0 Å². The van der Waals surface area contributed by atoms with Crippen LogP contribution in [0.1, 0.15) is 57.7 Å². The summed E-state index contributed by atoms with van der Waals surface area (Å²) in [5.41, 5.74) is 2.75. The summed E-state index contributed by atoms with van der Waals surface area (Å²) in [4.78, 5) is 32.5. The van der Waals surface area contributed by atoms with Crippen molar-refractivity contribution >= 4 is 28.4 Å². The van der Waals surface area contributed by atoms with Crippen molar-refractivity contribution in [2.75, 3.05) is 63.5 Å². The van der Waals surface area contributed by atoms with Crippen molar-refractivity contribution in [1.82, 2.24) is 19.8 Å². The maximum atomic E-state index is 13.2. The van der Waals surface area contributed by atoms with E-state index in [1.54, 1.807) is 7.11 Å². The first-order valence-electron chi connectivity index (χ1n) is 17.1. The Morgan fingerprint density at radius 3 is 2.49 bits per heavy atom. The highest BCUT2D eigenvalue weighted by atomic mass is 16.7. The molecule has 252 valence electrons. The molecule has 3 fully saturated rings. The second kappa shape index (κ2) is 13.0. The Kier molecular flexibility index (Phi) is 8.78. The predicted octanol–water partition coefficient (Wildman–Crippen LogP) is 5.24. The maximum Gasteiger partial charge on any atom is 0.410 e. The molecule has 3 atom stereocenters. The van der Waals surface area contributed by atoms with Crippen LogP contribution in [0.15, 0.2) is 36.4 Å². The third-order valence-corrected chi connectivity index (χ3v) is 9.98. The number of benzene rings is 2. The van der Waals surface area contributed by atoms with E-state index < -0.39 is 5.60 Å². The third-order valence-electron chi connectivity index (χ3n) is 9.98. The van der Waals surface area contributed by atoms with E-state index in [0.717, 1.165) is 80.2 Å². The fourth-order valence-corrected chi connectivity index (χ4v) is 7.70. The molecule has 3 saturated heterocycles. The van der Waals surface area contributed by atoms with Gasteiger partial charge in [-0.05, 0) is 77.9 Å². The monoisotopic (exact) mass is 644 g/mol. The number of ether oxygens (including phenoxy) is 4. The minimum atomic E-state index is -0.522.